The van der Waals surface area contributed by atoms with Gasteiger partial charge in [-0.05, 0) is 12.3 Å². The number of hydrogen-bond acceptors (Lipinski definition) is 5. The Bertz CT molecular complexity index is 485. The van der Waals surface area contributed by atoms with Gasteiger partial charge in [0.05, 0.1) is 13.7 Å². The smallest absolute Gasteiger partial charge is 0.357 e. The number of carbonyl (C=O) groups excluding carboxylic acids is 2. The maximum Gasteiger partial charge on any atom is 0.357 e. The Morgan fingerprint density at radius 1 is 1.36 bits per heavy atom. The SMILES string of the molecule is CCCCCN(Cc1nc(C(=O)OC)cs1)C(=O)CC(C)C. The van der Waals surface area contributed by atoms with Gasteiger partial charge in [-0.25, -0.2) is 9.78 Å². The number of ether oxygens (including phenoxy) is 1. The van der Waals surface area contributed by atoms with E-state index in [-0.39, 0.29) is 5.91 Å². The van der Waals surface area contributed by atoms with Crippen molar-refractivity contribution in [1.29, 1.82) is 0 Å². The first-order valence-corrected chi connectivity index (χ1v) is 8.66. The van der Waals surface area contributed by atoms with Crippen molar-refractivity contribution in [3.8, 4) is 0 Å². The second kappa shape index (κ2) is 9.56. The van der Waals surface area contributed by atoms with Crippen molar-refractivity contribution in [2.75, 3.05) is 13.7 Å². The van der Waals surface area contributed by atoms with Gasteiger partial charge in [0.1, 0.15) is 5.01 Å². The van der Waals surface area contributed by atoms with E-state index >= 15 is 0 Å². The van der Waals surface area contributed by atoms with E-state index in [4.69, 9.17) is 0 Å². The second-order valence-corrected chi connectivity index (χ2v) is 6.68. The van der Waals surface area contributed by atoms with Crippen LogP contribution in [0, 0.1) is 5.92 Å². The van der Waals surface area contributed by atoms with Crippen LogP contribution < -0.4 is 0 Å². The maximum atomic E-state index is 12.4. The van der Waals surface area contributed by atoms with Crippen molar-refractivity contribution in [2.45, 2.75) is 53.0 Å². The lowest BCUT2D eigenvalue weighted by Gasteiger charge is -2.22. The average molecular weight is 326 g/mol. The molecule has 1 aromatic heterocycles. The van der Waals surface area contributed by atoms with Gasteiger partial charge in [0.15, 0.2) is 5.69 Å². The van der Waals surface area contributed by atoms with E-state index in [1.54, 1.807) is 5.38 Å². The van der Waals surface area contributed by atoms with E-state index in [9.17, 15) is 9.59 Å². The first kappa shape index (κ1) is 18.6. The van der Waals surface area contributed by atoms with Crippen molar-refractivity contribution in [3.05, 3.63) is 16.1 Å². The molecule has 1 heterocycles. The molecule has 0 aliphatic heterocycles. The van der Waals surface area contributed by atoms with Gasteiger partial charge in [-0.1, -0.05) is 33.6 Å². The van der Waals surface area contributed by atoms with Crippen LogP contribution in [-0.4, -0.2) is 35.4 Å². The predicted octanol–water partition coefficient (Wildman–Crippen LogP) is 3.49. The molecule has 0 bridgehead atoms. The Morgan fingerprint density at radius 3 is 2.68 bits per heavy atom. The van der Waals surface area contributed by atoms with Gasteiger partial charge in [0.25, 0.3) is 0 Å². The monoisotopic (exact) mass is 326 g/mol. The summed E-state index contributed by atoms with van der Waals surface area (Å²) in [6.45, 7) is 7.44. The first-order chi connectivity index (χ1) is 10.5. The third-order valence-corrected chi connectivity index (χ3v) is 4.07. The normalized spacial score (nSPS) is 10.8. The molecule has 0 fully saturated rings. The highest BCUT2D eigenvalue weighted by molar-refractivity contribution is 7.09. The van der Waals surface area contributed by atoms with Gasteiger partial charge in [0, 0.05) is 18.3 Å². The van der Waals surface area contributed by atoms with Gasteiger partial charge in [-0.15, -0.1) is 11.3 Å². The lowest BCUT2D eigenvalue weighted by Crippen LogP contribution is -2.32. The van der Waals surface area contributed by atoms with Gasteiger partial charge in [-0.3, -0.25) is 4.79 Å². The molecule has 1 amide bonds. The molecule has 0 atom stereocenters. The number of aromatic nitrogens is 1. The number of amides is 1. The van der Waals surface area contributed by atoms with E-state index in [1.807, 2.05) is 18.7 Å². The van der Waals surface area contributed by atoms with Crippen LogP contribution in [0.4, 0.5) is 0 Å². The zero-order valence-corrected chi connectivity index (χ0v) is 14.7. The Kier molecular flexibility index (Phi) is 8.09. The summed E-state index contributed by atoms with van der Waals surface area (Å²) >= 11 is 1.39. The van der Waals surface area contributed by atoms with Crippen molar-refractivity contribution < 1.29 is 14.3 Å². The Morgan fingerprint density at radius 2 is 2.09 bits per heavy atom. The minimum atomic E-state index is -0.437. The summed E-state index contributed by atoms with van der Waals surface area (Å²) in [6, 6.07) is 0. The highest BCUT2D eigenvalue weighted by atomic mass is 32.1. The predicted molar refractivity (Wildman–Crippen MR) is 87.9 cm³/mol. The number of hydrogen-bond donors (Lipinski definition) is 0. The largest absolute Gasteiger partial charge is 0.464 e. The molecule has 1 aromatic rings. The molecule has 1 rings (SSSR count). The summed E-state index contributed by atoms with van der Waals surface area (Å²) in [5.74, 6) is 0.0533. The molecule has 5 nitrogen and oxygen atoms in total. The molecule has 0 saturated carbocycles. The third-order valence-electron chi connectivity index (χ3n) is 3.24. The van der Waals surface area contributed by atoms with E-state index in [1.165, 1.54) is 18.4 Å². The van der Waals surface area contributed by atoms with E-state index < -0.39 is 5.97 Å². The summed E-state index contributed by atoms with van der Waals surface area (Å²) in [4.78, 5) is 29.9. The molecule has 0 radical (unpaired) electrons. The maximum absolute atomic E-state index is 12.4. The molecular formula is C16H26N2O3S. The molecule has 0 aromatic carbocycles. The fourth-order valence-corrected chi connectivity index (χ4v) is 2.85. The molecule has 0 aliphatic rings. The summed E-state index contributed by atoms with van der Waals surface area (Å²) in [5.41, 5.74) is 0.312. The van der Waals surface area contributed by atoms with Crippen LogP contribution in [0.15, 0.2) is 5.38 Å². The molecule has 124 valence electrons. The number of nitrogens with zero attached hydrogens (tertiary/aromatic N) is 2. The zero-order valence-electron chi connectivity index (χ0n) is 13.9. The number of rotatable bonds is 9. The molecular weight excluding hydrogens is 300 g/mol. The number of thiazole rings is 1. The molecule has 0 spiro atoms. The van der Waals surface area contributed by atoms with Crippen molar-refractivity contribution in [1.82, 2.24) is 9.88 Å². The molecule has 0 saturated heterocycles. The van der Waals surface area contributed by atoms with Crippen LogP contribution in [-0.2, 0) is 16.1 Å². The van der Waals surface area contributed by atoms with Crippen molar-refractivity contribution in [2.24, 2.45) is 5.92 Å². The molecule has 0 aliphatic carbocycles. The number of esters is 1. The van der Waals surface area contributed by atoms with Crippen LogP contribution in [0.2, 0.25) is 0 Å². The fraction of sp³-hybridized carbons (Fsp3) is 0.688. The quantitative estimate of drug-likeness (QED) is 0.515. The lowest BCUT2D eigenvalue weighted by atomic mass is 10.1. The fourth-order valence-electron chi connectivity index (χ4n) is 2.07. The Hall–Kier alpha value is -1.43. The highest BCUT2D eigenvalue weighted by Crippen LogP contribution is 2.16. The standard InChI is InChI=1S/C16H26N2O3S/c1-5-6-7-8-18(15(19)9-12(2)3)10-14-17-13(11-22-14)16(20)21-4/h11-12H,5-10H2,1-4H3. The summed E-state index contributed by atoms with van der Waals surface area (Å²) in [5, 5.41) is 2.45. The van der Waals surface area contributed by atoms with Crippen LogP contribution in [0.25, 0.3) is 0 Å². The highest BCUT2D eigenvalue weighted by Gasteiger charge is 2.18. The topological polar surface area (TPSA) is 59.5 Å². The lowest BCUT2D eigenvalue weighted by molar-refractivity contribution is -0.132. The van der Waals surface area contributed by atoms with Gasteiger partial charge >= 0.3 is 5.97 Å². The van der Waals surface area contributed by atoms with Crippen LogP contribution in [0.3, 0.4) is 0 Å². The van der Waals surface area contributed by atoms with Gasteiger partial charge < -0.3 is 9.64 Å². The number of unbranched alkanes of at least 4 members (excludes halogenated alkanes) is 2. The summed E-state index contributed by atoms with van der Waals surface area (Å²) < 4.78 is 4.66. The molecule has 22 heavy (non-hydrogen) atoms. The number of methoxy groups -OCH3 is 1. The zero-order chi connectivity index (χ0) is 16.5. The minimum Gasteiger partial charge on any atom is -0.464 e. The van der Waals surface area contributed by atoms with Crippen molar-refractivity contribution >= 4 is 23.2 Å². The second-order valence-electron chi connectivity index (χ2n) is 5.74. The van der Waals surface area contributed by atoms with Gasteiger partial charge in [-0.2, -0.15) is 0 Å². The van der Waals surface area contributed by atoms with Crippen molar-refractivity contribution in [3.63, 3.8) is 0 Å². The van der Waals surface area contributed by atoms with Crippen LogP contribution in [0.1, 0.15) is 62.0 Å². The van der Waals surface area contributed by atoms with E-state index in [2.05, 4.69) is 16.6 Å². The molecule has 6 heteroatoms. The Labute approximate surface area is 136 Å². The first-order valence-electron chi connectivity index (χ1n) is 7.78. The number of carbonyl (C=O) groups is 2. The molecule has 0 N–H and O–H groups in total. The average Bonchev–Trinajstić information content (AvgIpc) is 2.93. The molecule has 0 unspecified atom stereocenters. The third kappa shape index (κ3) is 6.13. The van der Waals surface area contributed by atoms with Gasteiger partial charge in [0.2, 0.25) is 5.91 Å². The summed E-state index contributed by atoms with van der Waals surface area (Å²) in [7, 11) is 1.34. The Balaban J connectivity index is 2.71. The van der Waals surface area contributed by atoms with E-state index in [0.717, 1.165) is 30.8 Å². The van der Waals surface area contributed by atoms with Crippen LogP contribution >= 0.6 is 11.3 Å². The summed E-state index contributed by atoms with van der Waals surface area (Å²) in [6.07, 6.45) is 3.77. The van der Waals surface area contributed by atoms with Crippen LogP contribution in [0.5, 0.6) is 0 Å². The van der Waals surface area contributed by atoms with E-state index in [0.29, 0.717) is 24.6 Å². The minimum absolute atomic E-state index is 0.154.